The Balaban J connectivity index is 1.76. The molecule has 1 aliphatic rings. The van der Waals surface area contributed by atoms with Crippen LogP contribution < -0.4 is 5.32 Å². The molecule has 1 aromatic carbocycles. The standard InChI is InChI=1S/C15H18BrN3O/c1-19-7-8-20-11(10-19)9-18-14-5-6-17-15-12(14)3-2-4-13(15)16/h2-6,11H,7-10H2,1H3,(H,17,18). The van der Waals surface area contributed by atoms with E-state index in [9.17, 15) is 0 Å². The number of rotatable bonds is 3. The normalized spacial score (nSPS) is 20.2. The van der Waals surface area contributed by atoms with Crippen LogP contribution in [0.3, 0.4) is 0 Å². The lowest BCUT2D eigenvalue weighted by atomic mass is 10.2. The number of halogens is 1. The number of anilines is 1. The second-order valence-corrected chi connectivity index (χ2v) is 5.98. The van der Waals surface area contributed by atoms with Gasteiger partial charge in [0.05, 0.1) is 18.2 Å². The fourth-order valence-corrected chi connectivity index (χ4v) is 2.98. The molecule has 4 nitrogen and oxygen atoms in total. The summed E-state index contributed by atoms with van der Waals surface area (Å²) in [4.78, 5) is 6.72. The first-order valence-electron chi connectivity index (χ1n) is 6.81. The molecule has 0 bridgehead atoms. The molecule has 3 rings (SSSR count). The third kappa shape index (κ3) is 2.95. The average Bonchev–Trinajstić information content (AvgIpc) is 2.46. The summed E-state index contributed by atoms with van der Waals surface area (Å²) in [5, 5.41) is 4.62. The summed E-state index contributed by atoms with van der Waals surface area (Å²) < 4.78 is 6.80. The van der Waals surface area contributed by atoms with E-state index >= 15 is 0 Å². The maximum absolute atomic E-state index is 5.78. The van der Waals surface area contributed by atoms with Crippen molar-refractivity contribution in [3.05, 3.63) is 34.9 Å². The van der Waals surface area contributed by atoms with Crippen LogP contribution in [0.15, 0.2) is 34.9 Å². The number of morpholine rings is 1. The van der Waals surface area contributed by atoms with Gasteiger partial charge in [0.2, 0.25) is 0 Å². The minimum atomic E-state index is 0.240. The lowest BCUT2D eigenvalue weighted by molar-refractivity contribution is -0.0117. The van der Waals surface area contributed by atoms with Crippen LogP contribution in [0, 0.1) is 0 Å². The molecule has 2 heterocycles. The number of fused-ring (bicyclic) bond motifs is 1. The van der Waals surface area contributed by atoms with Gasteiger partial charge >= 0.3 is 0 Å². The molecule has 1 fully saturated rings. The highest BCUT2D eigenvalue weighted by molar-refractivity contribution is 9.10. The molecule has 0 aliphatic carbocycles. The number of nitrogens with one attached hydrogen (secondary N) is 1. The van der Waals surface area contributed by atoms with E-state index in [0.29, 0.717) is 0 Å². The van der Waals surface area contributed by atoms with Crippen molar-refractivity contribution in [1.82, 2.24) is 9.88 Å². The van der Waals surface area contributed by atoms with Gasteiger partial charge in [-0.2, -0.15) is 0 Å². The number of aromatic nitrogens is 1. The van der Waals surface area contributed by atoms with E-state index in [0.717, 1.165) is 47.3 Å². The van der Waals surface area contributed by atoms with Gasteiger partial charge in [-0.05, 0) is 35.1 Å². The highest BCUT2D eigenvalue weighted by Gasteiger charge is 2.17. The first-order valence-corrected chi connectivity index (χ1v) is 7.60. The van der Waals surface area contributed by atoms with Gasteiger partial charge in [-0.15, -0.1) is 0 Å². The number of hydrogen-bond donors (Lipinski definition) is 1. The predicted octanol–water partition coefficient (Wildman–Crippen LogP) is 2.74. The van der Waals surface area contributed by atoms with Crippen LogP contribution in [-0.4, -0.2) is 49.3 Å². The van der Waals surface area contributed by atoms with E-state index in [4.69, 9.17) is 4.74 Å². The monoisotopic (exact) mass is 335 g/mol. The van der Waals surface area contributed by atoms with Crippen molar-refractivity contribution in [2.75, 3.05) is 38.6 Å². The summed E-state index contributed by atoms with van der Waals surface area (Å²) in [6.45, 7) is 3.61. The van der Waals surface area contributed by atoms with Gasteiger partial charge in [0.25, 0.3) is 0 Å². The summed E-state index contributed by atoms with van der Waals surface area (Å²) in [7, 11) is 2.13. The number of benzene rings is 1. The van der Waals surface area contributed by atoms with Gasteiger partial charge in [0.15, 0.2) is 0 Å². The Labute approximate surface area is 127 Å². The molecule has 2 aromatic rings. The smallest absolute Gasteiger partial charge is 0.0874 e. The summed E-state index contributed by atoms with van der Waals surface area (Å²) in [5.41, 5.74) is 2.09. The fourth-order valence-electron chi connectivity index (χ4n) is 2.51. The zero-order chi connectivity index (χ0) is 13.9. The van der Waals surface area contributed by atoms with Crippen molar-refractivity contribution >= 4 is 32.5 Å². The van der Waals surface area contributed by atoms with Crippen molar-refractivity contribution in [1.29, 1.82) is 0 Å². The maximum atomic E-state index is 5.78. The van der Waals surface area contributed by atoms with Crippen LogP contribution in [0.2, 0.25) is 0 Å². The molecule has 1 atom stereocenters. The summed E-state index contributed by atoms with van der Waals surface area (Å²) in [5.74, 6) is 0. The minimum absolute atomic E-state index is 0.240. The number of hydrogen-bond acceptors (Lipinski definition) is 4. The Kier molecular flexibility index (Phi) is 4.19. The van der Waals surface area contributed by atoms with Gasteiger partial charge < -0.3 is 15.0 Å². The molecule has 106 valence electrons. The highest BCUT2D eigenvalue weighted by atomic mass is 79.9. The zero-order valence-electron chi connectivity index (χ0n) is 11.5. The molecule has 0 spiro atoms. The molecular weight excluding hydrogens is 318 g/mol. The van der Waals surface area contributed by atoms with Crippen LogP contribution in [0.25, 0.3) is 10.9 Å². The second-order valence-electron chi connectivity index (χ2n) is 5.13. The van der Waals surface area contributed by atoms with Crippen molar-refractivity contribution in [3.8, 4) is 0 Å². The first kappa shape index (κ1) is 13.8. The molecule has 1 unspecified atom stereocenters. The molecule has 1 saturated heterocycles. The van der Waals surface area contributed by atoms with E-state index in [1.165, 1.54) is 0 Å². The van der Waals surface area contributed by atoms with Gasteiger partial charge in [-0.3, -0.25) is 4.98 Å². The van der Waals surface area contributed by atoms with Crippen LogP contribution in [0.1, 0.15) is 0 Å². The van der Waals surface area contributed by atoms with E-state index in [1.807, 2.05) is 24.4 Å². The molecule has 0 radical (unpaired) electrons. The van der Waals surface area contributed by atoms with Gasteiger partial charge in [0.1, 0.15) is 0 Å². The van der Waals surface area contributed by atoms with E-state index in [1.54, 1.807) is 0 Å². The van der Waals surface area contributed by atoms with Crippen LogP contribution >= 0.6 is 15.9 Å². The van der Waals surface area contributed by atoms with Gasteiger partial charge in [0, 0.05) is 41.4 Å². The third-order valence-corrected chi connectivity index (χ3v) is 4.22. The topological polar surface area (TPSA) is 37.4 Å². The van der Waals surface area contributed by atoms with Crippen molar-refractivity contribution in [2.45, 2.75) is 6.10 Å². The summed E-state index contributed by atoms with van der Waals surface area (Å²) >= 11 is 3.54. The lowest BCUT2D eigenvalue weighted by Gasteiger charge is -2.30. The Hall–Kier alpha value is -1.17. The van der Waals surface area contributed by atoms with E-state index in [2.05, 4.69) is 44.2 Å². The molecule has 20 heavy (non-hydrogen) atoms. The van der Waals surface area contributed by atoms with Crippen molar-refractivity contribution in [3.63, 3.8) is 0 Å². The number of pyridine rings is 1. The Morgan fingerprint density at radius 2 is 2.35 bits per heavy atom. The first-order chi connectivity index (χ1) is 9.74. The average molecular weight is 336 g/mol. The maximum Gasteiger partial charge on any atom is 0.0874 e. The molecule has 1 aromatic heterocycles. The molecule has 1 aliphatic heterocycles. The second kappa shape index (κ2) is 6.08. The molecule has 0 saturated carbocycles. The van der Waals surface area contributed by atoms with Crippen LogP contribution in [-0.2, 0) is 4.74 Å². The Morgan fingerprint density at radius 3 is 3.20 bits per heavy atom. The van der Waals surface area contributed by atoms with Crippen LogP contribution in [0.5, 0.6) is 0 Å². The summed E-state index contributed by atoms with van der Waals surface area (Å²) in [6, 6.07) is 8.15. The minimum Gasteiger partial charge on any atom is -0.382 e. The zero-order valence-corrected chi connectivity index (χ0v) is 13.1. The predicted molar refractivity (Wildman–Crippen MR) is 85.2 cm³/mol. The van der Waals surface area contributed by atoms with Crippen LogP contribution in [0.4, 0.5) is 5.69 Å². The Morgan fingerprint density at radius 1 is 1.45 bits per heavy atom. The summed E-state index contributed by atoms with van der Waals surface area (Å²) in [6.07, 6.45) is 2.08. The van der Waals surface area contributed by atoms with E-state index < -0.39 is 0 Å². The van der Waals surface area contributed by atoms with Gasteiger partial charge in [-0.25, -0.2) is 0 Å². The van der Waals surface area contributed by atoms with E-state index in [-0.39, 0.29) is 6.10 Å². The Bertz CT molecular complexity index is 605. The number of nitrogens with zero attached hydrogens (tertiary/aromatic N) is 2. The molecule has 0 amide bonds. The molecule has 1 N–H and O–H groups in total. The highest BCUT2D eigenvalue weighted by Crippen LogP contribution is 2.27. The third-order valence-electron chi connectivity index (χ3n) is 3.58. The lowest BCUT2D eigenvalue weighted by Crippen LogP contribution is -2.43. The fraction of sp³-hybridized carbons (Fsp3) is 0.400. The number of para-hydroxylation sites is 1. The quantitative estimate of drug-likeness (QED) is 0.935. The van der Waals surface area contributed by atoms with Crippen molar-refractivity contribution in [2.24, 2.45) is 0 Å². The number of ether oxygens (including phenoxy) is 1. The number of likely N-dealkylation sites (N-methyl/N-ethyl adjacent to an activating group) is 1. The van der Waals surface area contributed by atoms with Gasteiger partial charge in [-0.1, -0.05) is 12.1 Å². The largest absolute Gasteiger partial charge is 0.382 e. The molecule has 5 heteroatoms. The molecular formula is C15H18BrN3O. The SMILES string of the molecule is CN1CCOC(CNc2ccnc3c(Br)cccc23)C1. The van der Waals surface area contributed by atoms with Crippen molar-refractivity contribution < 1.29 is 4.74 Å².